The molecule has 0 radical (unpaired) electrons. The van der Waals surface area contributed by atoms with Gasteiger partial charge in [-0.2, -0.15) is 0 Å². The monoisotopic (exact) mass is 312 g/mol. The lowest BCUT2D eigenvalue weighted by atomic mass is 9.87. The summed E-state index contributed by atoms with van der Waals surface area (Å²) in [4.78, 5) is 12.0. The number of methoxy groups -OCH3 is 1. The molecule has 0 fully saturated rings. The highest BCUT2D eigenvalue weighted by Crippen LogP contribution is 2.22. The highest BCUT2D eigenvalue weighted by molar-refractivity contribution is 5.82. The highest BCUT2D eigenvalue weighted by atomic mass is 19.1. The van der Waals surface area contributed by atoms with Gasteiger partial charge in [-0.1, -0.05) is 32.9 Å². The minimum Gasteiger partial charge on any atom is -0.488 e. The molecule has 1 aromatic carbocycles. The first-order valence-electron chi connectivity index (χ1n) is 7.18. The maximum Gasteiger partial charge on any atom is 0.239 e. The van der Waals surface area contributed by atoms with Crippen LogP contribution in [0.15, 0.2) is 24.3 Å². The summed E-state index contributed by atoms with van der Waals surface area (Å²) in [6.45, 7) is 6.17. The lowest BCUT2D eigenvalue weighted by molar-refractivity contribution is -0.125. The van der Waals surface area contributed by atoms with Crippen molar-refractivity contribution in [3.05, 3.63) is 30.1 Å². The summed E-state index contributed by atoms with van der Waals surface area (Å²) in [6.07, 6.45) is 0. The van der Waals surface area contributed by atoms with E-state index >= 15 is 0 Å². The highest BCUT2D eigenvalue weighted by Gasteiger charge is 2.29. The maximum absolute atomic E-state index is 13.6. The minimum atomic E-state index is -0.747. The van der Waals surface area contributed by atoms with E-state index in [1.165, 1.54) is 13.2 Å². The second kappa shape index (κ2) is 8.10. The van der Waals surface area contributed by atoms with Crippen LogP contribution in [0, 0.1) is 11.2 Å². The fraction of sp³-hybridized carbons (Fsp3) is 0.562. The van der Waals surface area contributed by atoms with Gasteiger partial charge in [-0.15, -0.1) is 0 Å². The predicted octanol–water partition coefficient (Wildman–Crippen LogP) is 1.71. The maximum atomic E-state index is 13.6. The fourth-order valence-corrected chi connectivity index (χ4v) is 1.78. The summed E-state index contributed by atoms with van der Waals surface area (Å²) in [5.74, 6) is -0.594. The molecule has 0 aliphatic rings. The van der Waals surface area contributed by atoms with Crippen LogP contribution in [0.1, 0.15) is 20.8 Å². The van der Waals surface area contributed by atoms with Crippen molar-refractivity contribution in [1.29, 1.82) is 0 Å². The Bertz CT molecular complexity index is 489. The van der Waals surface area contributed by atoms with Crippen molar-refractivity contribution < 1.29 is 18.7 Å². The van der Waals surface area contributed by atoms with Crippen molar-refractivity contribution in [3.63, 3.8) is 0 Å². The van der Waals surface area contributed by atoms with Crippen LogP contribution in [0.5, 0.6) is 5.75 Å². The Morgan fingerprint density at radius 1 is 1.32 bits per heavy atom. The second-order valence-corrected chi connectivity index (χ2v) is 6.23. The van der Waals surface area contributed by atoms with Gasteiger partial charge >= 0.3 is 0 Å². The normalized spacial score (nSPS) is 14.3. The Labute approximate surface area is 131 Å². The first-order chi connectivity index (χ1) is 10.3. The number of nitrogens with one attached hydrogen (secondary N) is 1. The predicted molar refractivity (Wildman–Crippen MR) is 83.1 cm³/mol. The largest absolute Gasteiger partial charge is 0.488 e. The van der Waals surface area contributed by atoms with Crippen LogP contribution >= 0.6 is 0 Å². The first-order valence-corrected chi connectivity index (χ1v) is 7.18. The smallest absolute Gasteiger partial charge is 0.239 e. The number of carbonyl (C=O) groups excluding carboxylic acids is 1. The number of hydrogen-bond donors (Lipinski definition) is 2. The third-order valence-electron chi connectivity index (χ3n) is 3.29. The molecule has 1 aromatic rings. The van der Waals surface area contributed by atoms with Crippen LogP contribution in [0.2, 0.25) is 0 Å². The van der Waals surface area contributed by atoms with Crippen molar-refractivity contribution in [2.75, 3.05) is 20.3 Å². The first kappa shape index (κ1) is 18.4. The number of halogens is 1. The standard InChI is InChI=1S/C16H25FN2O3/c1-16(2,3)14(19-15(20)12(18)9-21-4)10-22-13-8-6-5-7-11(13)17/h5-8,12,14H,9-10,18H2,1-4H3,(H,19,20). The van der Waals surface area contributed by atoms with Gasteiger partial charge in [0.05, 0.1) is 12.6 Å². The zero-order valence-electron chi connectivity index (χ0n) is 13.6. The molecule has 0 saturated heterocycles. The van der Waals surface area contributed by atoms with E-state index in [-0.39, 0.29) is 36.3 Å². The van der Waals surface area contributed by atoms with E-state index in [1.807, 2.05) is 20.8 Å². The van der Waals surface area contributed by atoms with Gasteiger partial charge in [0.25, 0.3) is 0 Å². The SMILES string of the molecule is COCC(N)C(=O)NC(COc1ccccc1F)C(C)(C)C. The molecule has 0 spiro atoms. The number of benzene rings is 1. The molecule has 0 bridgehead atoms. The molecule has 2 unspecified atom stereocenters. The summed E-state index contributed by atoms with van der Waals surface area (Å²) in [7, 11) is 1.48. The van der Waals surface area contributed by atoms with Gasteiger partial charge in [-0.25, -0.2) is 4.39 Å². The van der Waals surface area contributed by atoms with Gasteiger partial charge in [-0.05, 0) is 17.5 Å². The van der Waals surface area contributed by atoms with Crippen molar-refractivity contribution in [2.45, 2.75) is 32.9 Å². The molecule has 1 amide bonds. The Balaban J connectivity index is 2.70. The van der Waals surface area contributed by atoms with Gasteiger partial charge < -0.3 is 20.5 Å². The molecule has 0 heterocycles. The van der Waals surface area contributed by atoms with Crippen LogP contribution in [-0.4, -0.2) is 38.3 Å². The van der Waals surface area contributed by atoms with Crippen LogP contribution in [-0.2, 0) is 9.53 Å². The van der Waals surface area contributed by atoms with Gasteiger partial charge in [0.1, 0.15) is 12.6 Å². The molecule has 22 heavy (non-hydrogen) atoms. The van der Waals surface area contributed by atoms with E-state index in [4.69, 9.17) is 15.2 Å². The van der Waals surface area contributed by atoms with Crippen molar-refractivity contribution in [1.82, 2.24) is 5.32 Å². The number of amides is 1. The molecule has 0 saturated carbocycles. The molecule has 5 nitrogen and oxygen atoms in total. The Kier molecular flexibility index (Phi) is 6.77. The van der Waals surface area contributed by atoms with E-state index in [0.29, 0.717) is 0 Å². The molecule has 3 N–H and O–H groups in total. The third-order valence-corrected chi connectivity index (χ3v) is 3.29. The summed E-state index contributed by atoms with van der Waals surface area (Å²) < 4.78 is 24.0. The number of para-hydroxylation sites is 1. The zero-order valence-corrected chi connectivity index (χ0v) is 13.6. The Morgan fingerprint density at radius 3 is 2.50 bits per heavy atom. The number of carbonyl (C=O) groups is 1. The molecule has 6 heteroatoms. The van der Waals surface area contributed by atoms with Gasteiger partial charge in [-0.3, -0.25) is 4.79 Å². The molecular weight excluding hydrogens is 287 g/mol. The number of hydrogen-bond acceptors (Lipinski definition) is 4. The summed E-state index contributed by atoms with van der Waals surface area (Å²) in [5, 5.41) is 2.84. The lowest BCUT2D eigenvalue weighted by Crippen LogP contribution is -2.53. The molecular formula is C16H25FN2O3. The summed E-state index contributed by atoms with van der Waals surface area (Å²) in [6, 6.07) is 5.10. The Morgan fingerprint density at radius 2 is 1.95 bits per heavy atom. The number of ether oxygens (including phenoxy) is 2. The third kappa shape index (κ3) is 5.61. The van der Waals surface area contributed by atoms with Crippen LogP contribution < -0.4 is 15.8 Å². The van der Waals surface area contributed by atoms with Crippen LogP contribution in [0.3, 0.4) is 0 Å². The van der Waals surface area contributed by atoms with E-state index < -0.39 is 11.9 Å². The number of rotatable bonds is 7. The molecule has 0 aromatic heterocycles. The second-order valence-electron chi connectivity index (χ2n) is 6.23. The molecule has 2 atom stereocenters. The molecule has 0 aliphatic heterocycles. The minimum absolute atomic E-state index is 0.136. The lowest BCUT2D eigenvalue weighted by Gasteiger charge is -2.32. The van der Waals surface area contributed by atoms with Crippen LogP contribution in [0.25, 0.3) is 0 Å². The quantitative estimate of drug-likeness (QED) is 0.804. The average Bonchev–Trinajstić information content (AvgIpc) is 2.43. The van der Waals surface area contributed by atoms with Crippen molar-refractivity contribution in [2.24, 2.45) is 11.1 Å². The zero-order chi connectivity index (χ0) is 16.8. The molecule has 0 aliphatic carbocycles. The molecule has 124 valence electrons. The Hall–Kier alpha value is -1.66. The number of nitrogens with two attached hydrogens (primary N) is 1. The van der Waals surface area contributed by atoms with Crippen LogP contribution in [0.4, 0.5) is 4.39 Å². The summed E-state index contributed by atoms with van der Waals surface area (Å²) >= 11 is 0. The van der Waals surface area contributed by atoms with Gasteiger partial charge in [0, 0.05) is 7.11 Å². The van der Waals surface area contributed by atoms with E-state index in [9.17, 15) is 9.18 Å². The van der Waals surface area contributed by atoms with Gasteiger partial charge in [0.15, 0.2) is 11.6 Å². The van der Waals surface area contributed by atoms with E-state index in [0.717, 1.165) is 0 Å². The van der Waals surface area contributed by atoms with Crippen molar-refractivity contribution in [3.8, 4) is 5.75 Å². The van der Waals surface area contributed by atoms with Gasteiger partial charge in [0.2, 0.25) is 5.91 Å². The van der Waals surface area contributed by atoms with E-state index in [2.05, 4.69) is 5.32 Å². The summed E-state index contributed by atoms with van der Waals surface area (Å²) in [5.41, 5.74) is 5.44. The fourth-order valence-electron chi connectivity index (χ4n) is 1.78. The molecule has 1 rings (SSSR count). The topological polar surface area (TPSA) is 73.6 Å². The van der Waals surface area contributed by atoms with Crippen molar-refractivity contribution >= 4 is 5.91 Å². The average molecular weight is 312 g/mol. The van der Waals surface area contributed by atoms with E-state index in [1.54, 1.807) is 18.2 Å².